The van der Waals surface area contributed by atoms with Crippen molar-refractivity contribution < 1.29 is 4.79 Å². The molecule has 0 radical (unpaired) electrons. The third-order valence-corrected chi connectivity index (χ3v) is 6.67. The summed E-state index contributed by atoms with van der Waals surface area (Å²) in [6.07, 6.45) is 8.20. The van der Waals surface area contributed by atoms with Crippen LogP contribution >= 0.6 is 11.6 Å². The van der Waals surface area contributed by atoms with Crippen LogP contribution < -0.4 is 10.6 Å². The first-order chi connectivity index (χ1) is 11.0. The first kappa shape index (κ1) is 15.3. The average Bonchev–Trinajstić information content (AvgIpc) is 2.45. The lowest BCUT2D eigenvalue weighted by atomic mass is 9.48. The number of rotatable bonds is 3. The number of halogens is 1. The van der Waals surface area contributed by atoms with Crippen LogP contribution in [0.4, 0.5) is 10.5 Å². The van der Waals surface area contributed by atoms with Crippen LogP contribution in [0.1, 0.15) is 45.4 Å². The molecule has 23 heavy (non-hydrogen) atoms. The van der Waals surface area contributed by atoms with Crippen LogP contribution in [0.5, 0.6) is 0 Å². The van der Waals surface area contributed by atoms with Gasteiger partial charge >= 0.3 is 6.03 Å². The van der Waals surface area contributed by atoms with Crippen molar-refractivity contribution in [1.82, 2.24) is 5.32 Å². The van der Waals surface area contributed by atoms with Crippen LogP contribution in [0.15, 0.2) is 24.3 Å². The quantitative estimate of drug-likeness (QED) is 0.797. The van der Waals surface area contributed by atoms with Crippen LogP contribution in [0.25, 0.3) is 0 Å². The highest BCUT2D eigenvalue weighted by atomic mass is 35.5. The van der Waals surface area contributed by atoms with Crippen molar-refractivity contribution >= 4 is 23.3 Å². The van der Waals surface area contributed by atoms with Crippen molar-refractivity contribution in [3.8, 4) is 0 Å². The number of carbonyl (C=O) groups excluding carboxylic acids is 1. The molecule has 4 aliphatic carbocycles. The van der Waals surface area contributed by atoms with Gasteiger partial charge in [-0.3, -0.25) is 0 Å². The van der Waals surface area contributed by atoms with Gasteiger partial charge in [0.15, 0.2) is 0 Å². The number of urea groups is 1. The van der Waals surface area contributed by atoms with Crippen LogP contribution in [0, 0.1) is 23.2 Å². The van der Waals surface area contributed by atoms with Crippen molar-refractivity contribution in [2.24, 2.45) is 23.2 Å². The van der Waals surface area contributed by atoms with Crippen LogP contribution in [-0.4, -0.2) is 12.1 Å². The SMILES string of the molecule is CC(NC(=O)Nc1cccc(Cl)c1)C12CC3CC(CC(C3)C1)C2. The maximum atomic E-state index is 12.4. The van der Waals surface area contributed by atoms with Crippen molar-refractivity contribution in [1.29, 1.82) is 0 Å². The van der Waals surface area contributed by atoms with E-state index >= 15 is 0 Å². The number of carbonyl (C=O) groups is 1. The van der Waals surface area contributed by atoms with Gasteiger partial charge in [0.1, 0.15) is 0 Å². The Labute approximate surface area is 143 Å². The van der Waals surface area contributed by atoms with E-state index in [9.17, 15) is 4.79 Å². The van der Waals surface area contributed by atoms with Crippen LogP contribution in [0.3, 0.4) is 0 Å². The molecule has 0 aromatic heterocycles. The lowest BCUT2D eigenvalue weighted by molar-refractivity contribution is -0.0679. The standard InChI is InChI=1S/C19H25ClN2O/c1-12(21-18(23)22-17-4-2-3-16(20)8-17)19-9-13-5-14(10-19)7-15(6-13)11-19/h2-4,8,12-15H,5-7,9-11H2,1H3,(H2,21,22,23). The Morgan fingerprint density at radius 2 is 1.78 bits per heavy atom. The summed E-state index contributed by atoms with van der Waals surface area (Å²) in [6, 6.07) is 7.41. The summed E-state index contributed by atoms with van der Waals surface area (Å²) < 4.78 is 0. The Bertz CT molecular complexity index is 580. The third-order valence-electron chi connectivity index (χ3n) is 6.43. The second-order valence-electron chi connectivity index (χ2n) is 8.11. The van der Waals surface area contributed by atoms with Gasteiger partial charge < -0.3 is 10.6 Å². The van der Waals surface area contributed by atoms with Gasteiger partial charge in [-0.05, 0) is 86.8 Å². The van der Waals surface area contributed by atoms with E-state index in [0.29, 0.717) is 10.4 Å². The van der Waals surface area contributed by atoms with E-state index in [0.717, 1.165) is 23.4 Å². The maximum Gasteiger partial charge on any atom is 0.319 e. The molecule has 0 aliphatic heterocycles. The van der Waals surface area contributed by atoms with Gasteiger partial charge in [0.25, 0.3) is 0 Å². The molecule has 2 N–H and O–H groups in total. The molecule has 3 nitrogen and oxygen atoms in total. The van der Waals surface area contributed by atoms with Crippen molar-refractivity contribution in [2.45, 2.75) is 51.5 Å². The van der Waals surface area contributed by atoms with E-state index in [4.69, 9.17) is 11.6 Å². The molecule has 124 valence electrons. The number of amides is 2. The van der Waals surface area contributed by atoms with Gasteiger partial charge in [0.2, 0.25) is 0 Å². The summed E-state index contributed by atoms with van der Waals surface area (Å²) in [5, 5.41) is 6.76. The first-order valence-electron chi connectivity index (χ1n) is 8.85. The van der Waals surface area contributed by atoms with E-state index in [2.05, 4.69) is 17.6 Å². The number of hydrogen-bond acceptors (Lipinski definition) is 1. The molecular weight excluding hydrogens is 308 g/mol. The zero-order valence-corrected chi connectivity index (χ0v) is 14.4. The summed E-state index contributed by atoms with van der Waals surface area (Å²) in [6.45, 7) is 2.20. The second kappa shape index (κ2) is 5.70. The normalized spacial score (nSPS) is 35.8. The Morgan fingerprint density at radius 1 is 1.17 bits per heavy atom. The Hall–Kier alpha value is -1.22. The maximum absolute atomic E-state index is 12.4. The van der Waals surface area contributed by atoms with Gasteiger partial charge in [0, 0.05) is 16.8 Å². The molecule has 1 aromatic rings. The van der Waals surface area contributed by atoms with Crippen LogP contribution in [-0.2, 0) is 0 Å². The van der Waals surface area contributed by atoms with Gasteiger partial charge in [-0.1, -0.05) is 17.7 Å². The lowest BCUT2D eigenvalue weighted by Crippen LogP contribution is -2.56. The fourth-order valence-corrected chi connectivity index (χ4v) is 5.98. The molecule has 0 spiro atoms. The van der Waals surface area contributed by atoms with Gasteiger partial charge in [-0.2, -0.15) is 0 Å². The smallest absolute Gasteiger partial charge is 0.319 e. The first-order valence-corrected chi connectivity index (χ1v) is 9.23. The largest absolute Gasteiger partial charge is 0.335 e. The molecule has 0 saturated heterocycles. The molecule has 1 aromatic carbocycles. The Balaban J connectivity index is 1.41. The monoisotopic (exact) mass is 332 g/mol. The second-order valence-corrected chi connectivity index (χ2v) is 8.55. The number of benzene rings is 1. The molecular formula is C19H25ClN2O. The number of anilines is 1. The highest BCUT2D eigenvalue weighted by Crippen LogP contribution is 2.61. The minimum Gasteiger partial charge on any atom is -0.335 e. The number of nitrogens with one attached hydrogen (secondary N) is 2. The molecule has 4 heteroatoms. The molecule has 0 heterocycles. The summed E-state index contributed by atoms with van der Waals surface area (Å²) in [4.78, 5) is 12.4. The molecule has 4 saturated carbocycles. The predicted octanol–water partition coefficient (Wildman–Crippen LogP) is 5.07. The van der Waals surface area contributed by atoms with Crippen LogP contribution in [0.2, 0.25) is 5.02 Å². The summed E-state index contributed by atoms with van der Waals surface area (Å²) >= 11 is 5.97. The molecule has 2 amide bonds. The molecule has 5 rings (SSSR count). The lowest BCUT2D eigenvalue weighted by Gasteiger charge is -2.59. The summed E-state index contributed by atoms with van der Waals surface area (Å²) in [5.74, 6) is 2.71. The van der Waals surface area contributed by atoms with E-state index in [-0.39, 0.29) is 12.1 Å². The predicted molar refractivity (Wildman–Crippen MR) is 93.7 cm³/mol. The highest BCUT2D eigenvalue weighted by molar-refractivity contribution is 6.30. The van der Waals surface area contributed by atoms with E-state index in [1.54, 1.807) is 6.07 Å². The van der Waals surface area contributed by atoms with Crippen molar-refractivity contribution in [3.63, 3.8) is 0 Å². The van der Waals surface area contributed by atoms with Gasteiger partial charge in [0.05, 0.1) is 0 Å². The topological polar surface area (TPSA) is 41.1 Å². The minimum atomic E-state index is -0.115. The summed E-state index contributed by atoms with van der Waals surface area (Å²) in [7, 11) is 0. The molecule has 4 fully saturated rings. The average molecular weight is 333 g/mol. The minimum absolute atomic E-state index is 0.115. The Kier molecular flexibility index (Phi) is 3.79. The van der Waals surface area contributed by atoms with E-state index in [1.807, 2.05) is 18.2 Å². The molecule has 4 aliphatic rings. The highest BCUT2D eigenvalue weighted by Gasteiger charge is 2.53. The fraction of sp³-hybridized carbons (Fsp3) is 0.632. The van der Waals surface area contributed by atoms with E-state index in [1.165, 1.54) is 38.5 Å². The summed E-state index contributed by atoms with van der Waals surface area (Å²) in [5.41, 5.74) is 1.08. The van der Waals surface area contributed by atoms with Crippen molar-refractivity contribution in [2.75, 3.05) is 5.32 Å². The van der Waals surface area contributed by atoms with Crippen molar-refractivity contribution in [3.05, 3.63) is 29.3 Å². The molecule has 4 bridgehead atoms. The van der Waals surface area contributed by atoms with Gasteiger partial charge in [-0.15, -0.1) is 0 Å². The Morgan fingerprint density at radius 3 is 2.35 bits per heavy atom. The molecule has 1 unspecified atom stereocenters. The third kappa shape index (κ3) is 2.96. The molecule has 1 atom stereocenters. The zero-order valence-electron chi connectivity index (χ0n) is 13.6. The number of hydrogen-bond donors (Lipinski definition) is 2. The fourth-order valence-electron chi connectivity index (χ4n) is 5.79. The van der Waals surface area contributed by atoms with Gasteiger partial charge in [-0.25, -0.2) is 4.79 Å². The van der Waals surface area contributed by atoms with E-state index < -0.39 is 0 Å². The zero-order chi connectivity index (χ0) is 16.0.